The fourth-order valence-corrected chi connectivity index (χ4v) is 1.83. The predicted octanol–water partition coefficient (Wildman–Crippen LogP) is 1.84. The van der Waals surface area contributed by atoms with Crippen LogP contribution in [0, 0.1) is 6.92 Å². The summed E-state index contributed by atoms with van der Waals surface area (Å²) in [5, 5.41) is 7.77. The molecule has 0 aliphatic rings. The molecule has 0 spiro atoms. The molecular formula is C11H11N5. The number of hydrogen-bond donors (Lipinski definition) is 3. The zero-order chi connectivity index (χ0) is 11.1. The van der Waals surface area contributed by atoms with E-state index >= 15 is 0 Å². The number of nitrogens with one attached hydrogen (secondary N) is 2. The number of nitrogen functional groups attached to an aromatic ring is 1. The van der Waals surface area contributed by atoms with Crippen molar-refractivity contribution in [3.8, 4) is 11.3 Å². The largest absolute Gasteiger partial charge is 0.382 e. The molecule has 0 radical (unpaired) electrons. The van der Waals surface area contributed by atoms with Crippen LogP contribution in [0.25, 0.3) is 22.2 Å². The summed E-state index contributed by atoms with van der Waals surface area (Å²) >= 11 is 0. The van der Waals surface area contributed by atoms with Crippen LogP contribution in [0.1, 0.15) is 5.69 Å². The summed E-state index contributed by atoms with van der Waals surface area (Å²) in [6.07, 6.45) is 1.69. The number of fused-ring (bicyclic) bond motifs is 1. The van der Waals surface area contributed by atoms with Gasteiger partial charge in [0.25, 0.3) is 0 Å². The molecule has 0 fully saturated rings. The first-order valence-corrected chi connectivity index (χ1v) is 4.99. The van der Waals surface area contributed by atoms with Crippen molar-refractivity contribution in [2.45, 2.75) is 6.92 Å². The highest BCUT2D eigenvalue weighted by atomic mass is 15.1. The van der Waals surface area contributed by atoms with Crippen LogP contribution in [0.4, 0.5) is 5.82 Å². The number of rotatable bonds is 1. The van der Waals surface area contributed by atoms with Crippen molar-refractivity contribution in [2.75, 3.05) is 5.73 Å². The summed E-state index contributed by atoms with van der Waals surface area (Å²) in [5.74, 6) is 0.519. The molecule has 3 aromatic rings. The number of benzene rings is 1. The second-order valence-corrected chi connectivity index (χ2v) is 3.75. The van der Waals surface area contributed by atoms with E-state index in [1.807, 2.05) is 25.1 Å². The maximum absolute atomic E-state index is 5.77. The molecule has 2 heterocycles. The number of nitrogens with zero attached hydrogens (tertiary/aromatic N) is 2. The number of aromatic amines is 2. The number of nitrogens with two attached hydrogens (primary N) is 1. The Bertz CT molecular complexity index is 649. The second kappa shape index (κ2) is 3.10. The number of hydrogen-bond acceptors (Lipinski definition) is 3. The predicted molar refractivity (Wildman–Crippen MR) is 62.8 cm³/mol. The topological polar surface area (TPSA) is 83.4 Å². The SMILES string of the molecule is Cc1[nH]cnc1-c1ccc2[nH]nc(N)c2c1. The molecule has 0 aliphatic heterocycles. The van der Waals surface area contributed by atoms with Gasteiger partial charge < -0.3 is 10.7 Å². The first-order valence-electron chi connectivity index (χ1n) is 4.99. The standard InChI is InChI=1S/C11H11N5/c1-6-10(14-5-13-6)7-2-3-9-8(4-7)11(12)16-15-9/h2-5H,1H3,(H,13,14)(H3,12,15,16). The molecule has 5 nitrogen and oxygen atoms in total. The van der Waals surface area contributed by atoms with Gasteiger partial charge in [0.15, 0.2) is 5.82 Å². The van der Waals surface area contributed by atoms with Crippen molar-refractivity contribution in [2.24, 2.45) is 0 Å². The Labute approximate surface area is 91.7 Å². The highest BCUT2D eigenvalue weighted by Gasteiger charge is 2.07. The molecule has 3 rings (SSSR count). The normalized spacial score (nSPS) is 11.1. The lowest BCUT2D eigenvalue weighted by Crippen LogP contribution is -1.85. The minimum atomic E-state index is 0.519. The summed E-state index contributed by atoms with van der Waals surface area (Å²) in [6, 6.07) is 5.96. The van der Waals surface area contributed by atoms with E-state index in [1.165, 1.54) is 0 Å². The molecule has 2 aromatic heterocycles. The van der Waals surface area contributed by atoms with Gasteiger partial charge in [-0.05, 0) is 19.1 Å². The van der Waals surface area contributed by atoms with Gasteiger partial charge in [-0.1, -0.05) is 6.07 Å². The monoisotopic (exact) mass is 213 g/mol. The Morgan fingerprint density at radius 1 is 1.31 bits per heavy atom. The van der Waals surface area contributed by atoms with Crippen LogP contribution in [0.15, 0.2) is 24.5 Å². The maximum Gasteiger partial charge on any atom is 0.153 e. The third-order valence-corrected chi connectivity index (χ3v) is 2.70. The highest BCUT2D eigenvalue weighted by molar-refractivity contribution is 5.92. The minimum Gasteiger partial charge on any atom is -0.382 e. The van der Waals surface area contributed by atoms with Gasteiger partial charge >= 0.3 is 0 Å². The van der Waals surface area contributed by atoms with E-state index in [-0.39, 0.29) is 0 Å². The zero-order valence-electron chi connectivity index (χ0n) is 8.78. The van der Waals surface area contributed by atoms with E-state index in [9.17, 15) is 0 Å². The lowest BCUT2D eigenvalue weighted by Gasteiger charge is -1.99. The Morgan fingerprint density at radius 2 is 2.19 bits per heavy atom. The fourth-order valence-electron chi connectivity index (χ4n) is 1.83. The molecule has 0 saturated carbocycles. The van der Waals surface area contributed by atoms with E-state index in [0.29, 0.717) is 5.82 Å². The van der Waals surface area contributed by atoms with E-state index in [0.717, 1.165) is 27.9 Å². The van der Waals surface area contributed by atoms with Crippen LogP contribution in [-0.2, 0) is 0 Å². The number of aryl methyl sites for hydroxylation is 1. The van der Waals surface area contributed by atoms with Crippen molar-refractivity contribution in [3.63, 3.8) is 0 Å². The molecular weight excluding hydrogens is 202 g/mol. The summed E-state index contributed by atoms with van der Waals surface area (Å²) < 4.78 is 0. The first kappa shape index (κ1) is 8.96. The summed E-state index contributed by atoms with van der Waals surface area (Å²) in [5.41, 5.74) is 9.74. The van der Waals surface area contributed by atoms with Crippen LogP contribution < -0.4 is 5.73 Å². The van der Waals surface area contributed by atoms with E-state index < -0.39 is 0 Å². The highest BCUT2D eigenvalue weighted by Crippen LogP contribution is 2.26. The van der Waals surface area contributed by atoms with Crippen LogP contribution in [0.3, 0.4) is 0 Å². The van der Waals surface area contributed by atoms with Gasteiger partial charge in [0.2, 0.25) is 0 Å². The Morgan fingerprint density at radius 3 is 2.94 bits per heavy atom. The molecule has 4 N–H and O–H groups in total. The van der Waals surface area contributed by atoms with Crippen molar-refractivity contribution in [1.82, 2.24) is 20.2 Å². The Balaban J connectivity index is 2.25. The molecule has 1 aromatic carbocycles. The lowest BCUT2D eigenvalue weighted by molar-refractivity contribution is 1.13. The van der Waals surface area contributed by atoms with Gasteiger partial charge in [-0.3, -0.25) is 5.10 Å². The molecule has 0 unspecified atom stereocenters. The minimum absolute atomic E-state index is 0.519. The van der Waals surface area contributed by atoms with Crippen molar-refractivity contribution in [3.05, 3.63) is 30.2 Å². The number of anilines is 1. The van der Waals surface area contributed by atoms with Crippen LogP contribution >= 0.6 is 0 Å². The van der Waals surface area contributed by atoms with Crippen LogP contribution in [-0.4, -0.2) is 20.2 Å². The van der Waals surface area contributed by atoms with E-state index in [4.69, 9.17) is 5.73 Å². The van der Waals surface area contributed by atoms with Gasteiger partial charge in [0, 0.05) is 16.6 Å². The number of aromatic nitrogens is 4. The molecule has 80 valence electrons. The molecule has 16 heavy (non-hydrogen) atoms. The summed E-state index contributed by atoms with van der Waals surface area (Å²) in [6.45, 7) is 1.99. The molecule has 0 atom stereocenters. The Hall–Kier alpha value is -2.30. The molecule has 5 heteroatoms. The van der Waals surface area contributed by atoms with Crippen molar-refractivity contribution in [1.29, 1.82) is 0 Å². The van der Waals surface area contributed by atoms with E-state index in [2.05, 4.69) is 20.2 Å². The molecule has 0 bridgehead atoms. The maximum atomic E-state index is 5.77. The third kappa shape index (κ3) is 1.18. The average molecular weight is 213 g/mol. The Kier molecular flexibility index (Phi) is 1.73. The van der Waals surface area contributed by atoms with Crippen molar-refractivity contribution >= 4 is 16.7 Å². The lowest BCUT2D eigenvalue weighted by atomic mass is 10.1. The molecule has 0 amide bonds. The van der Waals surface area contributed by atoms with Gasteiger partial charge in [-0.25, -0.2) is 4.98 Å². The summed E-state index contributed by atoms with van der Waals surface area (Å²) in [4.78, 5) is 7.34. The smallest absolute Gasteiger partial charge is 0.153 e. The first-order chi connectivity index (χ1) is 7.75. The van der Waals surface area contributed by atoms with Crippen LogP contribution in [0.2, 0.25) is 0 Å². The zero-order valence-corrected chi connectivity index (χ0v) is 8.78. The van der Waals surface area contributed by atoms with Crippen molar-refractivity contribution < 1.29 is 0 Å². The summed E-state index contributed by atoms with van der Waals surface area (Å²) in [7, 11) is 0. The number of imidazole rings is 1. The van der Waals surface area contributed by atoms with Gasteiger partial charge in [0.1, 0.15) is 0 Å². The molecule has 0 saturated heterocycles. The van der Waals surface area contributed by atoms with Gasteiger partial charge in [-0.15, -0.1) is 0 Å². The number of H-pyrrole nitrogens is 2. The van der Waals surface area contributed by atoms with Gasteiger partial charge in [0.05, 0.1) is 17.5 Å². The fraction of sp³-hybridized carbons (Fsp3) is 0.0909. The average Bonchev–Trinajstić information content (AvgIpc) is 2.86. The van der Waals surface area contributed by atoms with E-state index in [1.54, 1.807) is 6.33 Å². The molecule has 0 aliphatic carbocycles. The van der Waals surface area contributed by atoms with Crippen LogP contribution in [0.5, 0.6) is 0 Å². The third-order valence-electron chi connectivity index (χ3n) is 2.70. The van der Waals surface area contributed by atoms with Gasteiger partial charge in [-0.2, -0.15) is 5.10 Å². The quantitative estimate of drug-likeness (QED) is 0.576. The second-order valence-electron chi connectivity index (χ2n) is 3.75.